The third-order valence-electron chi connectivity index (χ3n) is 4.58. The molecule has 4 rings (SSSR count). The van der Waals surface area contributed by atoms with Crippen LogP contribution in [-0.2, 0) is 4.79 Å². The van der Waals surface area contributed by atoms with Crippen LogP contribution in [0.1, 0.15) is 17.3 Å². The molecule has 0 bridgehead atoms. The molecule has 8 nitrogen and oxygen atoms in total. The minimum Gasteiger partial charge on any atom is -0.494 e. The average molecular weight is 419 g/mol. The van der Waals surface area contributed by atoms with Gasteiger partial charge in [0.1, 0.15) is 11.6 Å². The maximum atomic E-state index is 13.2. The molecule has 4 aromatic rings. The van der Waals surface area contributed by atoms with E-state index < -0.39 is 5.91 Å². The molecule has 9 heteroatoms. The molecule has 31 heavy (non-hydrogen) atoms. The van der Waals surface area contributed by atoms with Crippen molar-refractivity contribution in [3.05, 3.63) is 72.4 Å². The van der Waals surface area contributed by atoms with Gasteiger partial charge < -0.3 is 15.4 Å². The number of methoxy groups -OCH3 is 1. The number of halogens is 1. The second kappa shape index (κ2) is 8.23. The number of nitrogens with one attached hydrogen (secondary N) is 2. The molecule has 2 heterocycles. The van der Waals surface area contributed by atoms with Crippen molar-refractivity contribution >= 4 is 34.1 Å². The van der Waals surface area contributed by atoms with E-state index in [9.17, 15) is 14.0 Å². The van der Waals surface area contributed by atoms with Crippen LogP contribution in [0.2, 0.25) is 0 Å². The van der Waals surface area contributed by atoms with Crippen LogP contribution in [0.25, 0.3) is 16.6 Å². The fourth-order valence-electron chi connectivity index (χ4n) is 3.18. The number of benzene rings is 2. The van der Waals surface area contributed by atoms with Gasteiger partial charge in [0, 0.05) is 30.3 Å². The Kier molecular flexibility index (Phi) is 5.31. The van der Waals surface area contributed by atoms with Gasteiger partial charge in [0.05, 0.1) is 42.0 Å². The molecule has 0 unspecified atom stereocenters. The highest BCUT2D eigenvalue weighted by Crippen LogP contribution is 2.29. The second-order valence-corrected chi connectivity index (χ2v) is 6.70. The van der Waals surface area contributed by atoms with Crippen LogP contribution in [0.15, 0.2) is 61.1 Å². The summed E-state index contributed by atoms with van der Waals surface area (Å²) in [6.45, 7) is 1.40. The van der Waals surface area contributed by atoms with Crippen LogP contribution in [-0.4, -0.2) is 33.7 Å². The normalized spacial score (nSPS) is 10.7. The lowest BCUT2D eigenvalue weighted by Gasteiger charge is -2.12. The summed E-state index contributed by atoms with van der Waals surface area (Å²) in [5.41, 5.74) is 2.55. The lowest BCUT2D eigenvalue weighted by atomic mass is 10.1. The third-order valence-corrected chi connectivity index (χ3v) is 4.58. The Balaban J connectivity index is 1.66. The number of hydrogen-bond acceptors (Lipinski definition) is 5. The van der Waals surface area contributed by atoms with Crippen molar-refractivity contribution in [3.63, 3.8) is 0 Å². The number of carbonyl (C=O) groups excluding carboxylic acids is 2. The van der Waals surface area contributed by atoms with E-state index in [2.05, 4.69) is 20.7 Å². The van der Waals surface area contributed by atoms with Crippen molar-refractivity contribution in [3.8, 4) is 11.4 Å². The number of pyridine rings is 1. The van der Waals surface area contributed by atoms with Crippen molar-refractivity contribution in [1.29, 1.82) is 0 Å². The summed E-state index contributed by atoms with van der Waals surface area (Å²) in [4.78, 5) is 28.4. The molecular weight excluding hydrogens is 401 g/mol. The van der Waals surface area contributed by atoms with Gasteiger partial charge in [-0.15, -0.1) is 0 Å². The van der Waals surface area contributed by atoms with Gasteiger partial charge in [-0.1, -0.05) is 0 Å². The molecule has 0 aliphatic rings. The molecule has 0 aliphatic heterocycles. The number of amides is 2. The number of carbonyl (C=O) groups is 2. The van der Waals surface area contributed by atoms with E-state index in [0.29, 0.717) is 39.3 Å². The Hall–Kier alpha value is -4.27. The number of fused-ring (bicyclic) bond motifs is 1. The minimum atomic E-state index is -0.401. The molecule has 0 aliphatic carbocycles. The summed E-state index contributed by atoms with van der Waals surface area (Å²) in [7, 11) is 1.47. The summed E-state index contributed by atoms with van der Waals surface area (Å²) >= 11 is 0. The van der Waals surface area contributed by atoms with Crippen molar-refractivity contribution in [2.75, 3.05) is 17.7 Å². The van der Waals surface area contributed by atoms with E-state index in [1.165, 1.54) is 32.4 Å². The fourth-order valence-corrected chi connectivity index (χ4v) is 3.18. The smallest absolute Gasteiger partial charge is 0.258 e. The maximum Gasteiger partial charge on any atom is 0.258 e. The van der Waals surface area contributed by atoms with Crippen molar-refractivity contribution < 1.29 is 18.7 Å². The van der Waals surface area contributed by atoms with Crippen LogP contribution >= 0.6 is 0 Å². The molecular formula is C22H18FN5O3. The van der Waals surface area contributed by atoms with Crippen LogP contribution < -0.4 is 15.4 Å². The van der Waals surface area contributed by atoms with E-state index in [-0.39, 0.29) is 11.7 Å². The number of rotatable bonds is 5. The highest BCUT2D eigenvalue weighted by molar-refractivity contribution is 6.12. The van der Waals surface area contributed by atoms with E-state index in [1.807, 2.05) is 0 Å². The Morgan fingerprint density at radius 3 is 2.52 bits per heavy atom. The summed E-state index contributed by atoms with van der Waals surface area (Å²) < 4.78 is 20.2. The fraction of sp³-hybridized carbons (Fsp3) is 0.0909. The van der Waals surface area contributed by atoms with Crippen molar-refractivity contribution in [2.45, 2.75) is 6.92 Å². The number of aromatic nitrogens is 3. The molecule has 2 aromatic heterocycles. The van der Waals surface area contributed by atoms with Gasteiger partial charge in [-0.2, -0.15) is 5.10 Å². The predicted molar refractivity (Wildman–Crippen MR) is 114 cm³/mol. The van der Waals surface area contributed by atoms with Gasteiger partial charge in [-0.05, 0) is 36.4 Å². The summed E-state index contributed by atoms with van der Waals surface area (Å²) in [5, 5.41) is 10.4. The van der Waals surface area contributed by atoms with Crippen LogP contribution in [0.5, 0.6) is 5.75 Å². The first kappa shape index (κ1) is 20.0. The van der Waals surface area contributed by atoms with Gasteiger partial charge in [-0.25, -0.2) is 9.07 Å². The van der Waals surface area contributed by atoms with Gasteiger partial charge in [0.2, 0.25) is 5.91 Å². The molecule has 0 spiro atoms. The second-order valence-electron chi connectivity index (χ2n) is 6.70. The van der Waals surface area contributed by atoms with E-state index >= 15 is 0 Å². The Labute approximate surface area is 176 Å². The molecule has 2 amide bonds. The Morgan fingerprint density at radius 2 is 1.81 bits per heavy atom. The molecule has 156 valence electrons. The zero-order valence-corrected chi connectivity index (χ0v) is 16.7. The lowest BCUT2D eigenvalue weighted by molar-refractivity contribution is -0.114. The number of anilines is 2. The van der Waals surface area contributed by atoms with Gasteiger partial charge in [0.25, 0.3) is 5.91 Å². The largest absolute Gasteiger partial charge is 0.494 e. The number of nitrogens with zero attached hydrogens (tertiary/aromatic N) is 3. The molecule has 0 saturated heterocycles. The standard InChI is InChI=1S/C22H18FN5O3/c1-13(29)26-15-5-8-19(21(9-15)31-2)27-22(30)18-10-24-12-20-17(18)11-25-28(20)16-6-3-14(23)4-7-16/h3-12H,1-2H3,(H,26,29)(H,27,30). The van der Waals surface area contributed by atoms with E-state index in [4.69, 9.17) is 4.74 Å². The first-order valence-corrected chi connectivity index (χ1v) is 9.31. The highest BCUT2D eigenvalue weighted by Gasteiger charge is 2.17. The average Bonchev–Trinajstić information content (AvgIpc) is 3.19. The summed E-state index contributed by atoms with van der Waals surface area (Å²) in [6.07, 6.45) is 4.60. The van der Waals surface area contributed by atoms with Crippen LogP contribution in [0.4, 0.5) is 15.8 Å². The molecule has 0 fully saturated rings. The van der Waals surface area contributed by atoms with E-state index in [1.54, 1.807) is 47.4 Å². The first-order valence-electron chi connectivity index (χ1n) is 9.31. The van der Waals surface area contributed by atoms with Gasteiger partial charge in [0.15, 0.2) is 0 Å². The van der Waals surface area contributed by atoms with Crippen molar-refractivity contribution in [1.82, 2.24) is 14.8 Å². The first-order chi connectivity index (χ1) is 15.0. The zero-order chi connectivity index (χ0) is 22.0. The van der Waals surface area contributed by atoms with Gasteiger partial charge in [-0.3, -0.25) is 14.6 Å². The SMILES string of the molecule is COc1cc(NC(C)=O)ccc1NC(=O)c1cncc2c1cnn2-c1ccc(F)cc1. The topological polar surface area (TPSA) is 98.1 Å². The third kappa shape index (κ3) is 4.06. The van der Waals surface area contributed by atoms with Gasteiger partial charge >= 0.3 is 0 Å². The van der Waals surface area contributed by atoms with E-state index in [0.717, 1.165) is 0 Å². The quantitative estimate of drug-likeness (QED) is 0.513. The molecule has 0 radical (unpaired) electrons. The molecule has 2 aromatic carbocycles. The molecule has 0 atom stereocenters. The molecule has 2 N–H and O–H groups in total. The summed E-state index contributed by atoms with van der Waals surface area (Å²) in [6, 6.07) is 10.8. The maximum absolute atomic E-state index is 13.2. The Bertz CT molecular complexity index is 1280. The number of ether oxygens (including phenoxy) is 1. The zero-order valence-electron chi connectivity index (χ0n) is 16.7. The van der Waals surface area contributed by atoms with Crippen LogP contribution in [0, 0.1) is 5.82 Å². The highest BCUT2D eigenvalue weighted by atomic mass is 19.1. The summed E-state index contributed by atoms with van der Waals surface area (Å²) in [5.74, 6) is -0.573. The minimum absolute atomic E-state index is 0.213. The van der Waals surface area contributed by atoms with Crippen LogP contribution in [0.3, 0.4) is 0 Å². The van der Waals surface area contributed by atoms with Crippen molar-refractivity contribution in [2.24, 2.45) is 0 Å². The number of hydrogen-bond donors (Lipinski definition) is 2. The molecule has 0 saturated carbocycles. The Morgan fingerprint density at radius 1 is 1.03 bits per heavy atom. The lowest BCUT2D eigenvalue weighted by Crippen LogP contribution is -2.14. The monoisotopic (exact) mass is 419 g/mol. The predicted octanol–water partition coefficient (Wildman–Crippen LogP) is 3.78.